The lowest BCUT2D eigenvalue weighted by Crippen LogP contribution is -2.42. The average molecular weight is 365 g/mol. The normalized spacial score (nSPS) is 14.3. The minimum Gasteiger partial charge on any atom is -0.484 e. The van der Waals surface area contributed by atoms with E-state index in [0.717, 1.165) is 5.56 Å². The van der Waals surface area contributed by atoms with Crippen LogP contribution in [-0.4, -0.2) is 49.5 Å². The molecule has 1 aliphatic rings. The van der Waals surface area contributed by atoms with Crippen LogP contribution in [0.15, 0.2) is 54.6 Å². The molecule has 140 valence electrons. The third-order valence-electron chi connectivity index (χ3n) is 4.37. The van der Waals surface area contributed by atoms with Crippen molar-refractivity contribution in [3.63, 3.8) is 0 Å². The number of ketones is 1. The van der Waals surface area contributed by atoms with Crippen molar-refractivity contribution in [3.05, 3.63) is 71.3 Å². The van der Waals surface area contributed by atoms with Crippen LogP contribution < -0.4 is 4.74 Å². The summed E-state index contributed by atoms with van der Waals surface area (Å²) in [5.74, 6) is 0.432. The summed E-state index contributed by atoms with van der Waals surface area (Å²) in [7, 11) is 0. The number of carbonyl (C=O) groups excluding carboxylic acids is 2. The highest BCUT2D eigenvalue weighted by Gasteiger charge is 2.17. The van der Waals surface area contributed by atoms with Gasteiger partial charge in [0.05, 0.1) is 13.2 Å². The maximum absolute atomic E-state index is 12.3. The molecule has 1 saturated heterocycles. The number of allylic oxidation sites excluding steroid dienone is 1. The maximum atomic E-state index is 12.3. The summed E-state index contributed by atoms with van der Waals surface area (Å²) in [6, 6.07) is 14.8. The zero-order chi connectivity index (χ0) is 19.1. The third kappa shape index (κ3) is 5.53. The lowest BCUT2D eigenvalue weighted by molar-refractivity contribution is -0.137. The van der Waals surface area contributed by atoms with E-state index in [-0.39, 0.29) is 18.3 Å². The molecule has 2 aromatic rings. The molecular formula is C22H23NO4. The number of amides is 1. The Labute approximate surface area is 159 Å². The lowest BCUT2D eigenvalue weighted by atomic mass is 10.1. The lowest BCUT2D eigenvalue weighted by Gasteiger charge is -2.26. The highest BCUT2D eigenvalue weighted by Crippen LogP contribution is 2.14. The summed E-state index contributed by atoms with van der Waals surface area (Å²) in [5, 5.41) is 0. The standard InChI is InChI=1S/C22H23NO4/c1-17-2-4-18(5-3-17)6-11-21(24)19-7-9-20(10-8-19)27-16-22(25)23-12-14-26-15-13-23/h2-11H,12-16H2,1H3/b11-6+. The van der Waals surface area contributed by atoms with E-state index in [0.29, 0.717) is 37.6 Å². The van der Waals surface area contributed by atoms with Gasteiger partial charge in [0.15, 0.2) is 12.4 Å². The van der Waals surface area contributed by atoms with Crippen LogP contribution in [-0.2, 0) is 9.53 Å². The summed E-state index contributed by atoms with van der Waals surface area (Å²) in [6.45, 7) is 4.35. The van der Waals surface area contributed by atoms with Crippen LogP contribution in [0.4, 0.5) is 0 Å². The zero-order valence-electron chi connectivity index (χ0n) is 15.4. The molecule has 1 heterocycles. The van der Waals surface area contributed by atoms with Gasteiger partial charge in [0.25, 0.3) is 5.91 Å². The van der Waals surface area contributed by atoms with Gasteiger partial charge in [-0.25, -0.2) is 0 Å². The van der Waals surface area contributed by atoms with Gasteiger partial charge in [-0.05, 0) is 42.8 Å². The Kier molecular flexibility index (Phi) is 6.39. The van der Waals surface area contributed by atoms with Gasteiger partial charge in [-0.2, -0.15) is 0 Å². The molecule has 0 saturated carbocycles. The molecular weight excluding hydrogens is 342 g/mol. The highest BCUT2D eigenvalue weighted by molar-refractivity contribution is 6.06. The van der Waals surface area contributed by atoms with Gasteiger partial charge < -0.3 is 14.4 Å². The number of nitrogens with zero attached hydrogens (tertiary/aromatic N) is 1. The van der Waals surface area contributed by atoms with Crippen LogP contribution in [0.1, 0.15) is 21.5 Å². The molecule has 3 rings (SSSR count). The number of morpholine rings is 1. The van der Waals surface area contributed by atoms with E-state index < -0.39 is 0 Å². The summed E-state index contributed by atoms with van der Waals surface area (Å²) in [5.41, 5.74) is 2.74. The molecule has 0 N–H and O–H groups in total. The molecule has 27 heavy (non-hydrogen) atoms. The second-order valence-corrected chi connectivity index (χ2v) is 6.41. The molecule has 0 atom stereocenters. The monoisotopic (exact) mass is 365 g/mol. The summed E-state index contributed by atoms with van der Waals surface area (Å²) in [4.78, 5) is 26.1. The first kappa shape index (κ1) is 18.9. The molecule has 5 nitrogen and oxygen atoms in total. The van der Waals surface area contributed by atoms with E-state index >= 15 is 0 Å². The Bertz CT molecular complexity index is 803. The predicted molar refractivity (Wildman–Crippen MR) is 104 cm³/mol. The number of aryl methyl sites for hydroxylation is 1. The first-order valence-corrected chi connectivity index (χ1v) is 8.99. The Morgan fingerprint density at radius 3 is 2.37 bits per heavy atom. The van der Waals surface area contributed by atoms with Crippen LogP contribution in [0, 0.1) is 6.92 Å². The van der Waals surface area contributed by atoms with Crippen molar-refractivity contribution in [2.24, 2.45) is 0 Å². The Hall–Kier alpha value is -2.92. The highest BCUT2D eigenvalue weighted by atomic mass is 16.5. The largest absolute Gasteiger partial charge is 0.484 e. The van der Waals surface area contributed by atoms with Gasteiger partial charge in [-0.1, -0.05) is 35.9 Å². The minimum absolute atomic E-state index is 0.0133. The molecule has 1 aliphatic heterocycles. The topological polar surface area (TPSA) is 55.8 Å². The quantitative estimate of drug-likeness (QED) is 0.583. The predicted octanol–water partition coefficient (Wildman–Crippen LogP) is 3.13. The van der Waals surface area contributed by atoms with Crippen molar-refractivity contribution < 1.29 is 19.1 Å². The van der Waals surface area contributed by atoms with Crippen LogP contribution in [0.25, 0.3) is 6.08 Å². The number of carbonyl (C=O) groups is 2. The zero-order valence-corrected chi connectivity index (χ0v) is 15.4. The van der Waals surface area contributed by atoms with E-state index in [2.05, 4.69) is 0 Å². The van der Waals surface area contributed by atoms with Crippen molar-refractivity contribution in [2.75, 3.05) is 32.9 Å². The number of benzene rings is 2. The van der Waals surface area contributed by atoms with Crippen LogP contribution in [0.3, 0.4) is 0 Å². The molecule has 2 aromatic carbocycles. The van der Waals surface area contributed by atoms with Crippen LogP contribution in [0.5, 0.6) is 5.75 Å². The fourth-order valence-corrected chi connectivity index (χ4v) is 2.71. The third-order valence-corrected chi connectivity index (χ3v) is 4.37. The molecule has 0 unspecified atom stereocenters. The van der Waals surface area contributed by atoms with Crippen molar-refractivity contribution in [1.29, 1.82) is 0 Å². The van der Waals surface area contributed by atoms with Crippen molar-refractivity contribution >= 4 is 17.8 Å². The molecule has 0 radical (unpaired) electrons. The molecule has 0 aromatic heterocycles. The second kappa shape index (κ2) is 9.14. The molecule has 5 heteroatoms. The van der Waals surface area contributed by atoms with Gasteiger partial charge in [0.1, 0.15) is 5.75 Å². The van der Waals surface area contributed by atoms with Gasteiger partial charge in [-0.3, -0.25) is 9.59 Å². The fraction of sp³-hybridized carbons (Fsp3) is 0.273. The molecule has 1 fully saturated rings. The Balaban J connectivity index is 1.52. The van der Waals surface area contributed by atoms with Crippen molar-refractivity contribution in [2.45, 2.75) is 6.92 Å². The smallest absolute Gasteiger partial charge is 0.260 e. The van der Waals surface area contributed by atoms with E-state index in [4.69, 9.17) is 9.47 Å². The summed E-state index contributed by atoms with van der Waals surface area (Å²) < 4.78 is 10.8. The minimum atomic E-state index is -0.0773. The van der Waals surface area contributed by atoms with Gasteiger partial charge in [0, 0.05) is 18.7 Å². The van der Waals surface area contributed by atoms with Crippen LogP contribution >= 0.6 is 0 Å². The molecule has 0 aliphatic carbocycles. The molecule has 0 spiro atoms. The van der Waals surface area contributed by atoms with E-state index in [1.807, 2.05) is 31.2 Å². The number of hydrogen-bond donors (Lipinski definition) is 0. The van der Waals surface area contributed by atoms with Gasteiger partial charge in [-0.15, -0.1) is 0 Å². The van der Waals surface area contributed by atoms with Crippen molar-refractivity contribution in [3.8, 4) is 5.75 Å². The summed E-state index contributed by atoms with van der Waals surface area (Å²) in [6.07, 6.45) is 3.36. The Morgan fingerprint density at radius 1 is 1.04 bits per heavy atom. The second-order valence-electron chi connectivity index (χ2n) is 6.41. The van der Waals surface area contributed by atoms with Crippen LogP contribution in [0.2, 0.25) is 0 Å². The number of ether oxygens (including phenoxy) is 2. The van der Waals surface area contributed by atoms with Gasteiger partial charge in [0.2, 0.25) is 0 Å². The number of rotatable bonds is 6. The SMILES string of the molecule is Cc1ccc(/C=C/C(=O)c2ccc(OCC(=O)N3CCOCC3)cc2)cc1. The van der Waals surface area contributed by atoms with E-state index in [1.165, 1.54) is 5.56 Å². The van der Waals surface area contributed by atoms with E-state index in [9.17, 15) is 9.59 Å². The van der Waals surface area contributed by atoms with Crippen molar-refractivity contribution in [1.82, 2.24) is 4.90 Å². The number of hydrogen-bond acceptors (Lipinski definition) is 4. The Morgan fingerprint density at radius 2 is 1.70 bits per heavy atom. The van der Waals surface area contributed by atoms with E-state index in [1.54, 1.807) is 41.3 Å². The summed E-state index contributed by atoms with van der Waals surface area (Å²) >= 11 is 0. The first-order chi connectivity index (χ1) is 13.1. The first-order valence-electron chi connectivity index (χ1n) is 8.99. The average Bonchev–Trinajstić information content (AvgIpc) is 2.72. The fourth-order valence-electron chi connectivity index (χ4n) is 2.71. The van der Waals surface area contributed by atoms with Gasteiger partial charge >= 0.3 is 0 Å². The maximum Gasteiger partial charge on any atom is 0.260 e. The molecule has 0 bridgehead atoms. The molecule has 1 amide bonds.